The molecule has 17 heavy (non-hydrogen) atoms. The second kappa shape index (κ2) is 7.94. The monoisotopic (exact) mass is 232 g/mol. The van der Waals surface area contributed by atoms with Gasteiger partial charge in [-0.25, -0.2) is 0 Å². The zero-order valence-electron chi connectivity index (χ0n) is 11.3. The van der Waals surface area contributed by atoms with E-state index in [2.05, 4.69) is 50.3 Å². The number of benzene rings is 1. The van der Waals surface area contributed by atoms with E-state index in [0.717, 1.165) is 25.2 Å². The number of rotatable bonds is 7. The molecule has 0 aliphatic heterocycles. The molecular weight excluding hydrogens is 208 g/mol. The second-order valence-electron chi connectivity index (χ2n) is 4.22. The minimum atomic E-state index is 0.633. The van der Waals surface area contributed by atoms with E-state index in [4.69, 9.17) is 4.74 Å². The summed E-state index contributed by atoms with van der Waals surface area (Å²) in [6.45, 7) is 7.17. The molecule has 0 amide bonds. The fourth-order valence-electron chi connectivity index (χ4n) is 1.97. The number of hydrogen-bond donors (Lipinski definition) is 0. The maximum atomic E-state index is 5.46. The molecule has 0 radical (unpaired) electrons. The van der Waals surface area contributed by atoms with Gasteiger partial charge in [-0.05, 0) is 49.8 Å². The first-order valence-corrected chi connectivity index (χ1v) is 6.69. The Kier molecular flexibility index (Phi) is 6.46. The molecule has 1 aromatic rings. The van der Waals surface area contributed by atoms with Gasteiger partial charge in [-0.1, -0.05) is 38.1 Å². The zero-order chi connectivity index (χ0) is 12.5. The van der Waals surface area contributed by atoms with Crippen LogP contribution in [0.1, 0.15) is 51.5 Å². The van der Waals surface area contributed by atoms with Crippen LogP contribution < -0.4 is 4.74 Å². The Morgan fingerprint density at radius 1 is 1.06 bits per heavy atom. The van der Waals surface area contributed by atoms with E-state index >= 15 is 0 Å². The molecule has 1 unspecified atom stereocenters. The zero-order valence-corrected chi connectivity index (χ0v) is 11.3. The van der Waals surface area contributed by atoms with Gasteiger partial charge >= 0.3 is 0 Å². The van der Waals surface area contributed by atoms with Gasteiger partial charge in [0.1, 0.15) is 5.75 Å². The lowest BCUT2D eigenvalue weighted by Crippen LogP contribution is -1.97. The van der Waals surface area contributed by atoms with Crippen molar-refractivity contribution in [2.45, 2.75) is 46.0 Å². The van der Waals surface area contributed by atoms with Gasteiger partial charge in [-0.2, -0.15) is 0 Å². The molecule has 0 saturated heterocycles. The first-order valence-electron chi connectivity index (χ1n) is 6.69. The largest absolute Gasteiger partial charge is 0.494 e. The average molecular weight is 232 g/mol. The molecule has 1 atom stereocenters. The SMILES string of the molecule is CC/C=C\CC(CC)c1ccc(OCC)cc1. The Labute approximate surface area is 106 Å². The average Bonchev–Trinajstić information content (AvgIpc) is 2.36. The van der Waals surface area contributed by atoms with Crippen LogP contribution in [0.2, 0.25) is 0 Å². The van der Waals surface area contributed by atoms with Crippen LogP contribution in [0, 0.1) is 0 Å². The van der Waals surface area contributed by atoms with Crippen molar-refractivity contribution in [3.63, 3.8) is 0 Å². The normalized spacial score (nSPS) is 12.9. The summed E-state index contributed by atoms with van der Waals surface area (Å²) in [6, 6.07) is 8.54. The number of ether oxygens (including phenoxy) is 1. The van der Waals surface area contributed by atoms with Gasteiger partial charge < -0.3 is 4.74 Å². The first kappa shape index (κ1) is 13.8. The Bertz CT molecular complexity index is 324. The van der Waals surface area contributed by atoms with Crippen molar-refractivity contribution in [2.75, 3.05) is 6.61 Å². The highest BCUT2D eigenvalue weighted by Crippen LogP contribution is 2.25. The summed E-state index contributed by atoms with van der Waals surface area (Å²) in [5, 5.41) is 0. The lowest BCUT2D eigenvalue weighted by atomic mass is 9.93. The number of hydrogen-bond acceptors (Lipinski definition) is 1. The molecule has 0 aromatic heterocycles. The van der Waals surface area contributed by atoms with Crippen molar-refractivity contribution in [3.05, 3.63) is 42.0 Å². The van der Waals surface area contributed by atoms with E-state index in [0.29, 0.717) is 5.92 Å². The van der Waals surface area contributed by atoms with Gasteiger partial charge in [-0.15, -0.1) is 0 Å². The molecule has 1 heteroatoms. The molecule has 0 aliphatic carbocycles. The Hall–Kier alpha value is -1.24. The molecule has 1 aromatic carbocycles. The smallest absolute Gasteiger partial charge is 0.119 e. The van der Waals surface area contributed by atoms with E-state index in [1.54, 1.807) is 0 Å². The summed E-state index contributed by atoms with van der Waals surface area (Å²) >= 11 is 0. The number of allylic oxidation sites excluding steroid dienone is 2. The third kappa shape index (κ3) is 4.64. The van der Waals surface area contributed by atoms with E-state index in [1.165, 1.54) is 12.0 Å². The molecule has 0 heterocycles. The molecule has 1 nitrogen and oxygen atoms in total. The predicted molar refractivity (Wildman–Crippen MR) is 74.7 cm³/mol. The topological polar surface area (TPSA) is 9.23 Å². The van der Waals surface area contributed by atoms with Gasteiger partial charge in [-0.3, -0.25) is 0 Å². The summed E-state index contributed by atoms with van der Waals surface area (Å²) < 4.78 is 5.46. The standard InChI is InChI=1S/C16H24O/c1-4-7-8-9-14(5-2)15-10-12-16(13-11-15)17-6-3/h7-8,10-14H,4-6,9H2,1-3H3/b8-7-. The van der Waals surface area contributed by atoms with Crippen LogP contribution in [0.25, 0.3) is 0 Å². The minimum Gasteiger partial charge on any atom is -0.494 e. The van der Waals surface area contributed by atoms with Crippen LogP contribution in [0.5, 0.6) is 5.75 Å². The second-order valence-corrected chi connectivity index (χ2v) is 4.22. The molecular formula is C16H24O. The fraction of sp³-hybridized carbons (Fsp3) is 0.500. The fourth-order valence-corrected chi connectivity index (χ4v) is 1.97. The molecule has 0 aliphatic rings. The summed E-state index contributed by atoms with van der Waals surface area (Å²) in [4.78, 5) is 0. The van der Waals surface area contributed by atoms with Crippen molar-refractivity contribution in [1.82, 2.24) is 0 Å². The minimum absolute atomic E-state index is 0.633. The predicted octanol–water partition coefficient (Wildman–Crippen LogP) is 4.94. The van der Waals surface area contributed by atoms with Gasteiger partial charge in [0.25, 0.3) is 0 Å². The van der Waals surface area contributed by atoms with Gasteiger partial charge in [0.15, 0.2) is 0 Å². The first-order chi connectivity index (χ1) is 8.31. The van der Waals surface area contributed by atoms with Crippen molar-refractivity contribution >= 4 is 0 Å². The maximum absolute atomic E-state index is 5.46. The lowest BCUT2D eigenvalue weighted by molar-refractivity contribution is 0.340. The summed E-state index contributed by atoms with van der Waals surface area (Å²) in [5.74, 6) is 1.60. The molecule has 0 spiro atoms. The lowest BCUT2D eigenvalue weighted by Gasteiger charge is -2.13. The van der Waals surface area contributed by atoms with E-state index < -0.39 is 0 Å². The highest BCUT2D eigenvalue weighted by molar-refractivity contribution is 5.29. The van der Waals surface area contributed by atoms with Crippen molar-refractivity contribution in [2.24, 2.45) is 0 Å². The van der Waals surface area contributed by atoms with Crippen LogP contribution >= 0.6 is 0 Å². The third-order valence-corrected chi connectivity index (χ3v) is 2.98. The third-order valence-electron chi connectivity index (χ3n) is 2.98. The maximum Gasteiger partial charge on any atom is 0.119 e. The van der Waals surface area contributed by atoms with E-state index in [1.807, 2.05) is 6.92 Å². The molecule has 0 N–H and O–H groups in total. The molecule has 0 fully saturated rings. The highest BCUT2D eigenvalue weighted by Gasteiger charge is 2.07. The van der Waals surface area contributed by atoms with Crippen LogP contribution in [0.15, 0.2) is 36.4 Å². The molecule has 1 rings (SSSR count). The van der Waals surface area contributed by atoms with Crippen molar-refractivity contribution < 1.29 is 4.74 Å². The summed E-state index contributed by atoms with van der Waals surface area (Å²) in [6.07, 6.45) is 7.99. The van der Waals surface area contributed by atoms with Crippen LogP contribution in [0.3, 0.4) is 0 Å². The molecule has 94 valence electrons. The highest BCUT2D eigenvalue weighted by atomic mass is 16.5. The molecule has 0 bridgehead atoms. The summed E-state index contributed by atoms with van der Waals surface area (Å²) in [7, 11) is 0. The Morgan fingerprint density at radius 3 is 2.29 bits per heavy atom. The van der Waals surface area contributed by atoms with Crippen molar-refractivity contribution in [3.8, 4) is 5.75 Å². The van der Waals surface area contributed by atoms with E-state index in [-0.39, 0.29) is 0 Å². The molecule has 0 saturated carbocycles. The van der Waals surface area contributed by atoms with Crippen LogP contribution in [-0.4, -0.2) is 6.61 Å². The Balaban J connectivity index is 2.64. The Morgan fingerprint density at radius 2 is 1.76 bits per heavy atom. The van der Waals surface area contributed by atoms with Gasteiger partial charge in [0.05, 0.1) is 6.61 Å². The van der Waals surface area contributed by atoms with Crippen LogP contribution in [0.4, 0.5) is 0 Å². The summed E-state index contributed by atoms with van der Waals surface area (Å²) in [5.41, 5.74) is 1.41. The van der Waals surface area contributed by atoms with Gasteiger partial charge in [0, 0.05) is 0 Å². The van der Waals surface area contributed by atoms with Crippen molar-refractivity contribution in [1.29, 1.82) is 0 Å². The van der Waals surface area contributed by atoms with Gasteiger partial charge in [0.2, 0.25) is 0 Å². The van der Waals surface area contributed by atoms with Crippen LogP contribution in [-0.2, 0) is 0 Å². The quantitative estimate of drug-likeness (QED) is 0.605. The van der Waals surface area contributed by atoms with E-state index in [9.17, 15) is 0 Å².